The van der Waals surface area contributed by atoms with Crippen molar-refractivity contribution in [2.24, 2.45) is 4.99 Å². The minimum atomic E-state index is -0.241. The molecule has 0 saturated carbocycles. The molecule has 0 aliphatic carbocycles. The molecule has 3 nitrogen and oxygen atoms in total. The van der Waals surface area contributed by atoms with Gasteiger partial charge in [-0.15, -0.1) is 0 Å². The number of piperidine rings is 1. The molecule has 2 heterocycles. The van der Waals surface area contributed by atoms with Crippen molar-refractivity contribution in [1.82, 2.24) is 9.88 Å². The molecule has 0 N–H and O–H groups in total. The predicted octanol–water partition coefficient (Wildman–Crippen LogP) is 9.06. The van der Waals surface area contributed by atoms with E-state index in [0.29, 0.717) is 29.0 Å². The summed E-state index contributed by atoms with van der Waals surface area (Å²) in [6.07, 6.45) is 8.19. The molecule has 0 bridgehead atoms. The molecule has 0 radical (unpaired) electrons. The first-order valence-electron chi connectivity index (χ1n) is 14.7. The fourth-order valence-electron chi connectivity index (χ4n) is 5.82. The number of benzene rings is 2. The van der Waals surface area contributed by atoms with E-state index >= 15 is 0 Å². The Morgan fingerprint density at radius 1 is 1.05 bits per heavy atom. The fraction of sp³-hybridized carbons (Fsp3) is 0.471. The number of nitrogens with zero attached hydrogens (tertiary/aromatic N) is 3. The Balaban J connectivity index is 1.35. The minimum Gasteiger partial charge on any atom is -0.295 e. The third-order valence-electron chi connectivity index (χ3n) is 8.13. The van der Waals surface area contributed by atoms with Gasteiger partial charge in [-0.05, 0) is 119 Å². The summed E-state index contributed by atoms with van der Waals surface area (Å²) >= 11 is 5.90. The van der Waals surface area contributed by atoms with Crippen LogP contribution in [0, 0.1) is 12.7 Å². The number of hydrogen-bond acceptors (Lipinski definition) is 3. The van der Waals surface area contributed by atoms with Crippen molar-refractivity contribution in [2.45, 2.75) is 91.0 Å². The second-order valence-corrected chi connectivity index (χ2v) is 11.4. The summed E-state index contributed by atoms with van der Waals surface area (Å²) in [5.41, 5.74) is 7.85. The maximum Gasteiger partial charge on any atom is 0.127 e. The Morgan fingerprint density at radius 2 is 1.85 bits per heavy atom. The minimum absolute atomic E-state index is 0.241. The molecule has 1 aliphatic heterocycles. The van der Waals surface area contributed by atoms with Gasteiger partial charge in [0.2, 0.25) is 0 Å². The largest absolute Gasteiger partial charge is 0.295 e. The van der Waals surface area contributed by atoms with Gasteiger partial charge in [-0.1, -0.05) is 56.1 Å². The number of aliphatic imine (C=N–C) groups is 1. The number of pyridine rings is 1. The highest BCUT2D eigenvalue weighted by atomic mass is 35.5. The van der Waals surface area contributed by atoms with Crippen molar-refractivity contribution < 1.29 is 4.39 Å². The van der Waals surface area contributed by atoms with E-state index in [2.05, 4.69) is 69.0 Å². The fourth-order valence-corrected chi connectivity index (χ4v) is 5.98. The number of likely N-dealkylation sites (tertiary alicyclic amines) is 1. The standard InChI is InChI=1S/C34H43ClFN3/c1-5-7-9-26-12-17-32(24(3)22-26)37-25(4)34(6-2)39-20-18-28(19-21-39)33-11-8-10-30(38-33)16-14-27-13-15-29(35)23-31(27)36/h8,10-13,15,17,22-23,28,34H,5-7,9,14,16,18-21H2,1-4H3. The lowest BCUT2D eigenvalue weighted by Crippen LogP contribution is -2.44. The topological polar surface area (TPSA) is 28.5 Å². The zero-order valence-electron chi connectivity index (χ0n) is 24.0. The van der Waals surface area contributed by atoms with Crippen molar-refractivity contribution in [2.75, 3.05) is 13.1 Å². The van der Waals surface area contributed by atoms with Crippen molar-refractivity contribution in [3.63, 3.8) is 0 Å². The Morgan fingerprint density at radius 3 is 2.54 bits per heavy atom. The molecule has 208 valence electrons. The number of halogens is 2. The van der Waals surface area contributed by atoms with E-state index in [4.69, 9.17) is 21.6 Å². The van der Waals surface area contributed by atoms with E-state index in [0.717, 1.165) is 56.6 Å². The lowest BCUT2D eigenvalue weighted by atomic mass is 9.91. The van der Waals surface area contributed by atoms with Crippen LogP contribution in [-0.2, 0) is 19.3 Å². The molecule has 1 aromatic heterocycles. The normalized spacial score (nSPS) is 16.0. The van der Waals surface area contributed by atoms with Gasteiger partial charge in [-0.2, -0.15) is 0 Å². The first-order valence-corrected chi connectivity index (χ1v) is 15.0. The SMILES string of the molecule is CCCCc1ccc(N=C(C)C(CC)N2CCC(c3cccc(CCc4ccc(Cl)cc4F)n3)CC2)c(C)c1. The van der Waals surface area contributed by atoms with Gasteiger partial charge in [0.15, 0.2) is 0 Å². The Kier molecular flexibility index (Phi) is 10.7. The molecule has 0 spiro atoms. The summed E-state index contributed by atoms with van der Waals surface area (Å²) in [5, 5.41) is 0.432. The molecule has 39 heavy (non-hydrogen) atoms. The van der Waals surface area contributed by atoms with Crippen LogP contribution in [0.4, 0.5) is 10.1 Å². The number of unbranched alkanes of at least 4 members (excludes halogenated alkanes) is 1. The predicted molar refractivity (Wildman–Crippen MR) is 163 cm³/mol. The van der Waals surface area contributed by atoms with Gasteiger partial charge in [-0.3, -0.25) is 14.9 Å². The monoisotopic (exact) mass is 547 g/mol. The van der Waals surface area contributed by atoms with Crippen LogP contribution in [-0.4, -0.2) is 34.7 Å². The van der Waals surface area contributed by atoms with Gasteiger partial charge >= 0.3 is 0 Å². The van der Waals surface area contributed by atoms with E-state index in [9.17, 15) is 4.39 Å². The highest BCUT2D eigenvalue weighted by Crippen LogP contribution is 2.30. The molecule has 1 atom stereocenters. The summed E-state index contributed by atoms with van der Waals surface area (Å²) in [5.74, 6) is 0.218. The third kappa shape index (κ3) is 7.99. The molecule has 5 heteroatoms. The number of hydrogen-bond donors (Lipinski definition) is 0. The van der Waals surface area contributed by atoms with Gasteiger partial charge in [0.25, 0.3) is 0 Å². The van der Waals surface area contributed by atoms with Crippen molar-refractivity contribution in [3.8, 4) is 0 Å². The Bertz CT molecular complexity index is 1260. The molecule has 1 unspecified atom stereocenters. The summed E-state index contributed by atoms with van der Waals surface area (Å²) in [6, 6.07) is 18.3. The first kappa shape index (κ1) is 29.4. The molecule has 1 aliphatic rings. The Labute approximate surface area is 239 Å². The van der Waals surface area contributed by atoms with Crippen LogP contribution in [0.2, 0.25) is 5.02 Å². The highest BCUT2D eigenvalue weighted by molar-refractivity contribution is 6.30. The van der Waals surface area contributed by atoms with Gasteiger partial charge in [0.05, 0.1) is 5.69 Å². The van der Waals surface area contributed by atoms with Crippen molar-refractivity contribution >= 4 is 23.0 Å². The van der Waals surface area contributed by atoms with E-state index < -0.39 is 0 Å². The molecule has 1 fully saturated rings. The van der Waals surface area contributed by atoms with E-state index in [-0.39, 0.29) is 5.82 Å². The quantitative estimate of drug-likeness (QED) is 0.224. The van der Waals surface area contributed by atoms with Crippen molar-refractivity contribution in [1.29, 1.82) is 0 Å². The third-order valence-corrected chi connectivity index (χ3v) is 8.36. The van der Waals surface area contributed by atoms with Gasteiger partial charge in [0, 0.05) is 34.1 Å². The zero-order chi connectivity index (χ0) is 27.8. The maximum atomic E-state index is 14.2. The summed E-state index contributed by atoms with van der Waals surface area (Å²) in [6.45, 7) is 11.0. The molecule has 1 saturated heterocycles. The van der Waals surface area contributed by atoms with Crippen molar-refractivity contribution in [3.05, 3.63) is 93.5 Å². The van der Waals surface area contributed by atoms with Gasteiger partial charge in [-0.25, -0.2) is 4.39 Å². The second kappa shape index (κ2) is 14.2. The summed E-state index contributed by atoms with van der Waals surface area (Å²) in [7, 11) is 0. The van der Waals surface area contributed by atoms with Crippen LogP contribution in [0.3, 0.4) is 0 Å². The molecule has 3 aromatic rings. The van der Waals surface area contributed by atoms with Gasteiger partial charge in [0.1, 0.15) is 5.82 Å². The van der Waals surface area contributed by atoms with E-state index in [1.807, 2.05) is 0 Å². The lowest BCUT2D eigenvalue weighted by Gasteiger charge is -2.37. The van der Waals surface area contributed by atoms with Crippen LogP contribution >= 0.6 is 11.6 Å². The van der Waals surface area contributed by atoms with E-state index in [1.54, 1.807) is 12.1 Å². The average molecular weight is 548 g/mol. The number of aromatic nitrogens is 1. The number of aryl methyl sites for hydroxylation is 4. The molecule has 4 rings (SSSR count). The number of rotatable bonds is 11. The van der Waals surface area contributed by atoms with Crippen LogP contribution in [0.1, 0.15) is 86.9 Å². The van der Waals surface area contributed by atoms with Crippen LogP contribution < -0.4 is 0 Å². The molecule has 0 amide bonds. The molecule has 2 aromatic carbocycles. The van der Waals surface area contributed by atoms with Gasteiger partial charge < -0.3 is 0 Å². The summed E-state index contributed by atoms with van der Waals surface area (Å²) in [4.78, 5) is 12.7. The zero-order valence-corrected chi connectivity index (χ0v) is 24.8. The van der Waals surface area contributed by atoms with Crippen LogP contribution in [0.15, 0.2) is 59.6 Å². The maximum absolute atomic E-state index is 14.2. The van der Waals surface area contributed by atoms with Crippen LogP contribution in [0.5, 0.6) is 0 Å². The summed E-state index contributed by atoms with van der Waals surface area (Å²) < 4.78 is 14.2. The lowest BCUT2D eigenvalue weighted by molar-refractivity contribution is 0.182. The van der Waals surface area contributed by atoms with Crippen LogP contribution in [0.25, 0.3) is 0 Å². The highest BCUT2D eigenvalue weighted by Gasteiger charge is 2.27. The second-order valence-electron chi connectivity index (χ2n) is 11.0. The molecular formula is C34H43ClFN3. The van der Waals surface area contributed by atoms with E-state index in [1.165, 1.54) is 41.4 Å². The Hall–Kier alpha value is -2.56. The average Bonchev–Trinajstić information content (AvgIpc) is 2.94. The smallest absolute Gasteiger partial charge is 0.127 e. The first-order chi connectivity index (χ1) is 18.9. The molecular weight excluding hydrogens is 505 g/mol.